The van der Waals surface area contributed by atoms with E-state index in [-0.39, 0.29) is 18.0 Å². The van der Waals surface area contributed by atoms with Crippen LogP contribution in [0.15, 0.2) is 54.9 Å². The van der Waals surface area contributed by atoms with Gasteiger partial charge >= 0.3 is 0 Å². The van der Waals surface area contributed by atoms with Gasteiger partial charge in [-0.25, -0.2) is 0 Å². The number of aromatic amines is 2. The number of piperazine rings is 1. The quantitative estimate of drug-likeness (QED) is 0.450. The molecule has 130 valence electrons. The van der Waals surface area contributed by atoms with Crippen LogP contribution in [0.3, 0.4) is 0 Å². The summed E-state index contributed by atoms with van der Waals surface area (Å²) >= 11 is 0. The molecule has 0 radical (unpaired) electrons. The highest BCUT2D eigenvalue weighted by Gasteiger charge is 2.32. The van der Waals surface area contributed by atoms with Crippen LogP contribution in [0, 0.1) is 6.92 Å². The molecule has 5 nitrogen and oxygen atoms in total. The van der Waals surface area contributed by atoms with Crippen LogP contribution in [0.25, 0.3) is 21.8 Å². The molecule has 1 amide bonds. The molecule has 2 aromatic carbocycles. The minimum Gasteiger partial charge on any atom is -0.361 e. The first-order valence-corrected chi connectivity index (χ1v) is 8.88. The third kappa shape index (κ3) is 2.32. The number of amides is 1. The number of rotatable bonds is 2. The lowest BCUT2D eigenvalue weighted by atomic mass is 9.97. The van der Waals surface area contributed by atoms with Crippen LogP contribution in [0.1, 0.15) is 28.8 Å². The van der Waals surface area contributed by atoms with Gasteiger partial charge in [-0.2, -0.15) is 0 Å². The van der Waals surface area contributed by atoms with Gasteiger partial charge in [-0.15, -0.1) is 0 Å². The normalized spacial score (nSPS) is 20.6. The van der Waals surface area contributed by atoms with Crippen molar-refractivity contribution >= 4 is 27.7 Å². The van der Waals surface area contributed by atoms with E-state index in [0.29, 0.717) is 6.54 Å². The van der Waals surface area contributed by atoms with Gasteiger partial charge in [-0.05, 0) is 30.2 Å². The molecule has 3 heterocycles. The average molecular weight is 344 g/mol. The molecule has 0 saturated carbocycles. The molecular formula is C21H20N4O. The van der Waals surface area contributed by atoms with E-state index in [0.717, 1.165) is 22.0 Å². The summed E-state index contributed by atoms with van der Waals surface area (Å²) in [5.41, 5.74) is 5.54. The van der Waals surface area contributed by atoms with Crippen LogP contribution in [0.4, 0.5) is 0 Å². The van der Waals surface area contributed by atoms with Gasteiger partial charge in [-0.1, -0.05) is 30.3 Å². The fraction of sp³-hybridized carbons (Fsp3) is 0.190. The van der Waals surface area contributed by atoms with Gasteiger partial charge in [-0.3, -0.25) is 10.1 Å². The number of carbonyl (C=O) groups excluding carboxylic acids is 1. The van der Waals surface area contributed by atoms with Crippen molar-refractivity contribution in [3.63, 3.8) is 0 Å². The first-order valence-electron chi connectivity index (χ1n) is 8.88. The Balaban J connectivity index is 1.53. The van der Waals surface area contributed by atoms with Crippen LogP contribution < -0.4 is 10.6 Å². The van der Waals surface area contributed by atoms with E-state index in [2.05, 4.69) is 57.9 Å². The monoisotopic (exact) mass is 344 g/mol. The molecule has 5 rings (SSSR count). The molecule has 4 N–H and O–H groups in total. The predicted molar refractivity (Wildman–Crippen MR) is 103 cm³/mol. The van der Waals surface area contributed by atoms with E-state index in [1.807, 2.05) is 24.5 Å². The smallest absolute Gasteiger partial charge is 0.241 e. The van der Waals surface area contributed by atoms with Gasteiger partial charge in [0.1, 0.15) is 6.04 Å². The summed E-state index contributed by atoms with van der Waals surface area (Å²) in [6, 6.07) is 14.2. The average Bonchev–Trinajstić information content (AvgIpc) is 3.26. The van der Waals surface area contributed by atoms with Crippen LogP contribution in [-0.2, 0) is 4.79 Å². The van der Waals surface area contributed by atoms with Gasteiger partial charge in [0, 0.05) is 46.3 Å². The molecule has 2 unspecified atom stereocenters. The molecule has 0 aliphatic carbocycles. The lowest BCUT2D eigenvalue weighted by Crippen LogP contribution is -2.49. The van der Waals surface area contributed by atoms with Gasteiger partial charge in [0.25, 0.3) is 0 Å². The maximum absolute atomic E-state index is 12.6. The summed E-state index contributed by atoms with van der Waals surface area (Å²) in [5.74, 6) is 0.0163. The topological polar surface area (TPSA) is 72.7 Å². The Morgan fingerprint density at radius 2 is 1.69 bits per heavy atom. The van der Waals surface area contributed by atoms with E-state index in [4.69, 9.17) is 0 Å². The van der Waals surface area contributed by atoms with Crippen molar-refractivity contribution < 1.29 is 4.79 Å². The molecule has 5 heteroatoms. The molecule has 0 spiro atoms. The number of carbonyl (C=O) groups is 1. The Morgan fingerprint density at radius 1 is 0.923 bits per heavy atom. The van der Waals surface area contributed by atoms with Crippen LogP contribution in [0.2, 0.25) is 0 Å². The second-order valence-corrected chi connectivity index (χ2v) is 6.98. The number of aryl methyl sites for hydroxylation is 1. The molecule has 1 fully saturated rings. The van der Waals surface area contributed by atoms with Crippen LogP contribution >= 0.6 is 0 Å². The minimum absolute atomic E-state index is 0.0163. The summed E-state index contributed by atoms with van der Waals surface area (Å²) < 4.78 is 0. The number of hydrogen-bond donors (Lipinski definition) is 4. The van der Waals surface area contributed by atoms with Gasteiger partial charge in [0.2, 0.25) is 5.91 Å². The molecule has 0 bridgehead atoms. The Bertz CT molecular complexity index is 1120. The van der Waals surface area contributed by atoms with Crippen molar-refractivity contribution in [2.24, 2.45) is 0 Å². The molecule has 1 aliphatic heterocycles. The molecule has 2 aromatic heterocycles. The first-order chi connectivity index (χ1) is 12.7. The lowest BCUT2D eigenvalue weighted by molar-refractivity contribution is -0.125. The van der Waals surface area contributed by atoms with Crippen molar-refractivity contribution in [2.45, 2.75) is 19.0 Å². The predicted octanol–water partition coefficient (Wildman–Crippen LogP) is 3.46. The Hall–Kier alpha value is -3.05. The molecular weight excluding hydrogens is 324 g/mol. The van der Waals surface area contributed by atoms with E-state index in [1.165, 1.54) is 16.5 Å². The fourth-order valence-electron chi connectivity index (χ4n) is 3.95. The molecule has 1 aliphatic rings. The summed E-state index contributed by atoms with van der Waals surface area (Å²) in [5, 5.41) is 8.90. The number of para-hydroxylation sites is 1. The SMILES string of the molecule is Cc1ccc2c(C3NC(c4c[nH]c5ccccc45)CNC3=O)c[nH]c2c1. The van der Waals surface area contributed by atoms with E-state index in [9.17, 15) is 4.79 Å². The number of aromatic nitrogens is 2. The fourth-order valence-corrected chi connectivity index (χ4v) is 3.95. The van der Waals surface area contributed by atoms with Gasteiger partial charge in [0.15, 0.2) is 0 Å². The van der Waals surface area contributed by atoms with E-state index >= 15 is 0 Å². The summed E-state index contributed by atoms with van der Waals surface area (Å²) in [4.78, 5) is 19.2. The Morgan fingerprint density at radius 3 is 2.62 bits per heavy atom. The summed E-state index contributed by atoms with van der Waals surface area (Å²) in [6.45, 7) is 2.65. The first kappa shape index (κ1) is 15.2. The largest absolute Gasteiger partial charge is 0.361 e. The van der Waals surface area contributed by atoms with Crippen LogP contribution in [0.5, 0.6) is 0 Å². The van der Waals surface area contributed by atoms with E-state index < -0.39 is 0 Å². The standard InChI is InChI=1S/C21H20N4O/c1-12-6-7-14-16(10-23-18(14)8-12)20-21(26)24-11-19(25-20)15-9-22-17-5-3-2-4-13(15)17/h2-10,19-20,22-23,25H,11H2,1H3,(H,24,26). The number of nitrogens with one attached hydrogen (secondary N) is 4. The zero-order valence-electron chi connectivity index (χ0n) is 14.5. The maximum atomic E-state index is 12.6. The third-order valence-electron chi connectivity index (χ3n) is 5.29. The van der Waals surface area contributed by atoms with Gasteiger partial charge in [0.05, 0.1) is 6.04 Å². The molecule has 4 aromatic rings. The zero-order valence-corrected chi connectivity index (χ0v) is 14.5. The number of H-pyrrole nitrogens is 2. The van der Waals surface area contributed by atoms with Crippen molar-refractivity contribution in [2.75, 3.05) is 6.54 Å². The lowest BCUT2D eigenvalue weighted by Gasteiger charge is -2.31. The molecule has 2 atom stereocenters. The highest BCUT2D eigenvalue weighted by Crippen LogP contribution is 2.31. The molecule has 26 heavy (non-hydrogen) atoms. The second-order valence-electron chi connectivity index (χ2n) is 6.98. The minimum atomic E-state index is -0.376. The van der Waals surface area contributed by atoms with Crippen molar-refractivity contribution in [1.82, 2.24) is 20.6 Å². The highest BCUT2D eigenvalue weighted by atomic mass is 16.2. The Labute approximate surface area is 150 Å². The highest BCUT2D eigenvalue weighted by molar-refractivity contribution is 5.93. The second kappa shape index (κ2) is 5.75. The summed E-state index contributed by atoms with van der Waals surface area (Å²) in [7, 11) is 0. The van der Waals surface area contributed by atoms with Gasteiger partial charge < -0.3 is 15.3 Å². The number of fused-ring (bicyclic) bond motifs is 2. The zero-order chi connectivity index (χ0) is 17.7. The number of hydrogen-bond acceptors (Lipinski definition) is 2. The molecule has 1 saturated heterocycles. The summed E-state index contributed by atoms with van der Waals surface area (Å²) in [6.07, 6.45) is 3.98. The van der Waals surface area contributed by atoms with Crippen molar-refractivity contribution in [3.05, 3.63) is 71.5 Å². The van der Waals surface area contributed by atoms with Crippen LogP contribution in [-0.4, -0.2) is 22.4 Å². The van der Waals surface area contributed by atoms with Crippen molar-refractivity contribution in [3.8, 4) is 0 Å². The van der Waals surface area contributed by atoms with E-state index in [1.54, 1.807) is 0 Å². The Kier molecular flexibility index (Phi) is 3.36. The third-order valence-corrected chi connectivity index (χ3v) is 5.29. The number of benzene rings is 2. The maximum Gasteiger partial charge on any atom is 0.241 e. The van der Waals surface area contributed by atoms with Crippen molar-refractivity contribution in [1.29, 1.82) is 0 Å².